The Kier molecular flexibility index (Phi) is 5.32. The maximum atomic E-state index is 6.10. The second-order valence-corrected chi connectivity index (χ2v) is 4.64. The van der Waals surface area contributed by atoms with E-state index in [1.807, 2.05) is 26.0 Å². The summed E-state index contributed by atoms with van der Waals surface area (Å²) < 4.78 is 0. The highest BCUT2D eigenvalue weighted by molar-refractivity contribution is 7.80. The van der Waals surface area contributed by atoms with E-state index >= 15 is 0 Å². The standard InChI is InChI=1S/C11H14Cl2N2S/c1-3-14-11(16)15-7(2)9-5-4-8(12)6-10(9)13/h4-7H,3H2,1-2H3,(H2,14,15,16)/t7-/m1/s1. The van der Waals surface area contributed by atoms with Crippen LogP contribution in [0, 0.1) is 0 Å². The predicted octanol–water partition coefficient (Wildman–Crippen LogP) is 3.54. The average Bonchev–Trinajstić information content (AvgIpc) is 2.17. The van der Waals surface area contributed by atoms with Gasteiger partial charge in [0, 0.05) is 16.6 Å². The topological polar surface area (TPSA) is 24.1 Å². The maximum Gasteiger partial charge on any atom is 0.166 e. The molecule has 2 nitrogen and oxygen atoms in total. The van der Waals surface area contributed by atoms with E-state index in [2.05, 4.69) is 10.6 Å². The Morgan fingerprint density at radius 1 is 1.44 bits per heavy atom. The van der Waals surface area contributed by atoms with Gasteiger partial charge in [-0.2, -0.15) is 0 Å². The van der Waals surface area contributed by atoms with Crippen LogP contribution in [0.15, 0.2) is 18.2 Å². The molecule has 0 radical (unpaired) electrons. The molecule has 0 bridgehead atoms. The maximum absolute atomic E-state index is 6.10. The first kappa shape index (κ1) is 13.6. The molecule has 1 aromatic carbocycles. The lowest BCUT2D eigenvalue weighted by Crippen LogP contribution is -2.36. The normalized spacial score (nSPS) is 12.0. The number of nitrogens with one attached hydrogen (secondary N) is 2. The molecule has 0 amide bonds. The lowest BCUT2D eigenvalue weighted by molar-refractivity contribution is 0.702. The molecular formula is C11H14Cl2N2S. The van der Waals surface area contributed by atoms with E-state index < -0.39 is 0 Å². The number of halogens is 2. The van der Waals surface area contributed by atoms with Crippen LogP contribution in [0.4, 0.5) is 0 Å². The summed E-state index contributed by atoms with van der Waals surface area (Å²) in [6.07, 6.45) is 0. The van der Waals surface area contributed by atoms with Gasteiger partial charge in [0.05, 0.1) is 6.04 Å². The van der Waals surface area contributed by atoms with E-state index in [0.29, 0.717) is 15.2 Å². The number of rotatable bonds is 3. The first-order valence-corrected chi connectivity index (χ1v) is 6.20. The van der Waals surface area contributed by atoms with Crippen molar-refractivity contribution in [1.29, 1.82) is 0 Å². The Morgan fingerprint density at radius 3 is 2.69 bits per heavy atom. The van der Waals surface area contributed by atoms with Crippen molar-refractivity contribution in [1.82, 2.24) is 10.6 Å². The second kappa shape index (κ2) is 6.28. The molecule has 5 heteroatoms. The summed E-state index contributed by atoms with van der Waals surface area (Å²) in [4.78, 5) is 0. The van der Waals surface area contributed by atoms with Gasteiger partial charge < -0.3 is 10.6 Å². The molecule has 0 heterocycles. The van der Waals surface area contributed by atoms with Gasteiger partial charge in [0.2, 0.25) is 0 Å². The zero-order valence-corrected chi connectivity index (χ0v) is 11.5. The molecule has 0 aliphatic carbocycles. The van der Waals surface area contributed by atoms with Gasteiger partial charge >= 0.3 is 0 Å². The van der Waals surface area contributed by atoms with Crippen LogP contribution in [-0.2, 0) is 0 Å². The van der Waals surface area contributed by atoms with Crippen LogP contribution in [-0.4, -0.2) is 11.7 Å². The highest BCUT2D eigenvalue weighted by atomic mass is 35.5. The van der Waals surface area contributed by atoms with Crippen molar-refractivity contribution < 1.29 is 0 Å². The van der Waals surface area contributed by atoms with Gasteiger partial charge in [-0.25, -0.2) is 0 Å². The highest BCUT2D eigenvalue weighted by Crippen LogP contribution is 2.25. The van der Waals surface area contributed by atoms with Crippen molar-refractivity contribution in [2.45, 2.75) is 19.9 Å². The predicted molar refractivity (Wildman–Crippen MR) is 74.3 cm³/mol. The van der Waals surface area contributed by atoms with Crippen LogP contribution in [0.1, 0.15) is 25.5 Å². The smallest absolute Gasteiger partial charge is 0.166 e. The number of hydrogen-bond acceptors (Lipinski definition) is 1. The van der Waals surface area contributed by atoms with Crippen molar-refractivity contribution in [3.8, 4) is 0 Å². The van der Waals surface area contributed by atoms with Crippen molar-refractivity contribution in [2.24, 2.45) is 0 Å². The summed E-state index contributed by atoms with van der Waals surface area (Å²) in [7, 11) is 0. The van der Waals surface area contributed by atoms with Gasteiger partial charge in [0.15, 0.2) is 5.11 Å². The van der Waals surface area contributed by atoms with Gasteiger partial charge in [0.1, 0.15) is 0 Å². The van der Waals surface area contributed by atoms with Crippen molar-refractivity contribution in [3.05, 3.63) is 33.8 Å². The summed E-state index contributed by atoms with van der Waals surface area (Å²) in [6.45, 7) is 4.79. The summed E-state index contributed by atoms with van der Waals surface area (Å²) in [5.41, 5.74) is 0.978. The van der Waals surface area contributed by atoms with E-state index in [1.165, 1.54) is 0 Å². The van der Waals surface area contributed by atoms with Gasteiger partial charge in [-0.1, -0.05) is 29.3 Å². The van der Waals surface area contributed by atoms with Crippen molar-refractivity contribution in [2.75, 3.05) is 6.54 Å². The molecular weight excluding hydrogens is 263 g/mol. The molecule has 0 spiro atoms. The Balaban J connectivity index is 2.72. The fourth-order valence-electron chi connectivity index (χ4n) is 1.34. The molecule has 0 saturated carbocycles. The Hall–Kier alpha value is -0.510. The molecule has 2 N–H and O–H groups in total. The van der Waals surface area contributed by atoms with Crippen molar-refractivity contribution in [3.63, 3.8) is 0 Å². The first-order chi connectivity index (χ1) is 7.54. The Morgan fingerprint density at radius 2 is 2.12 bits per heavy atom. The van der Waals surface area contributed by atoms with E-state index in [-0.39, 0.29) is 6.04 Å². The largest absolute Gasteiger partial charge is 0.363 e. The minimum absolute atomic E-state index is 0.0521. The third-order valence-corrected chi connectivity index (χ3v) is 2.94. The summed E-state index contributed by atoms with van der Waals surface area (Å²) in [6, 6.07) is 5.50. The Labute approximate surface area is 111 Å². The van der Waals surface area contributed by atoms with E-state index in [0.717, 1.165) is 12.1 Å². The average molecular weight is 277 g/mol. The van der Waals surface area contributed by atoms with Crippen LogP contribution < -0.4 is 10.6 Å². The number of thiocarbonyl (C=S) groups is 1. The third-order valence-electron chi connectivity index (χ3n) is 2.11. The molecule has 0 aromatic heterocycles. The molecule has 0 saturated heterocycles. The van der Waals surface area contributed by atoms with Crippen LogP contribution >= 0.6 is 35.4 Å². The lowest BCUT2D eigenvalue weighted by Gasteiger charge is -2.18. The minimum atomic E-state index is 0.0521. The molecule has 88 valence electrons. The van der Waals surface area contributed by atoms with Crippen LogP contribution in [0.5, 0.6) is 0 Å². The third kappa shape index (κ3) is 3.81. The molecule has 1 rings (SSSR count). The monoisotopic (exact) mass is 276 g/mol. The molecule has 0 unspecified atom stereocenters. The van der Waals surface area contributed by atoms with Crippen molar-refractivity contribution >= 4 is 40.5 Å². The van der Waals surface area contributed by atoms with E-state index in [9.17, 15) is 0 Å². The quantitative estimate of drug-likeness (QED) is 0.826. The molecule has 0 aliphatic rings. The van der Waals surface area contributed by atoms with Crippen LogP contribution in [0.3, 0.4) is 0 Å². The van der Waals surface area contributed by atoms with Gasteiger partial charge in [-0.15, -0.1) is 0 Å². The van der Waals surface area contributed by atoms with Gasteiger partial charge in [-0.3, -0.25) is 0 Å². The SMILES string of the molecule is CCNC(=S)N[C@H](C)c1ccc(Cl)cc1Cl. The molecule has 1 atom stereocenters. The molecule has 16 heavy (non-hydrogen) atoms. The van der Waals surface area contributed by atoms with Gasteiger partial charge in [0.25, 0.3) is 0 Å². The van der Waals surface area contributed by atoms with Gasteiger partial charge in [-0.05, 0) is 43.8 Å². The summed E-state index contributed by atoms with van der Waals surface area (Å²) in [5, 5.41) is 8.08. The zero-order chi connectivity index (χ0) is 12.1. The lowest BCUT2D eigenvalue weighted by atomic mass is 10.1. The molecule has 0 fully saturated rings. The first-order valence-electron chi connectivity index (χ1n) is 5.04. The van der Waals surface area contributed by atoms with Crippen LogP contribution in [0.2, 0.25) is 10.0 Å². The number of hydrogen-bond donors (Lipinski definition) is 2. The van der Waals surface area contributed by atoms with E-state index in [4.69, 9.17) is 35.4 Å². The fraction of sp³-hybridized carbons (Fsp3) is 0.364. The Bertz CT molecular complexity index is 382. The molecule has 0 aliphatic heterocycles. The molecule has 1 aromatic rings. The second-order valence-electron chi connectivity index (χ2n) is 3.39. The fourth-order valence-corrected chi connectivity index (χ4v) is 2.23. The number of benzene rings is 1. The van der Waals surface area contributed by atoms with E-state index in [1.54, 1.807) is 6.07 Å². The summed E-state index contributed by atoms with van der Waals surface area (Å²) in [5.74, 6) is 0. The highest BCUT2D eigenvalue weighted by Gasteiger charge is 2.10. The minimum Gasteiger partial charge on any atom is -0.363 e. The van der Waals surface area contributed by atoms with Crippen LogP contribution in [0.25, 0.3) is 0 Å². The summed E-state index contributed by atoms with van der Waals surface area (Å²) >= 11 is 17.0. The zero-order valence-electron chi connectivity index (χ0n) is 9.18.